The lowest BCUT2D eigenvalue weighted by Crippen LogP contribution is -1.86. The third-order valence-electron chi connectivity index (χ3n) is 7.89. The smallest absolute Gasteiger partial charge is 0.0775 e. The molecule has 4 heteroatoms. The number of aryl methyl sites for hydroxylation is 4. The van der Waals surface area contributed by atoms with E-state index in [2.05, 4.69) is 62.1 Å². The highest BCUT2D eigenvalue weighted by molar-refractivity contribution is 7.23. The molecule has 0 bridgehead atoms. The van der Waals surface area contributed by atoms with Crippen LogP contribution >= 0.6 is 45.3 Å². The molecule has 0 aliphatic rings. The molecule has 0 saturated heterocycles. The summed E-state index contributed by atoms with van der Waals surface area (Å²) in [6.07, 6.45) is 31.9. The van der Waals surface area contributed by atoms with Crippen LogP contribution in [0, 0.1) is 24.7 Å². The molecule has 4 aromatic rings. The van der Waals surface area contributed by atoms with Crippen molar-refractivity contribution in [3.63, 3.8) is 0 Å². The molecule has 0 aliphatic heterocycles. The molecule has 0 aliphatic carbocycles. The highest BCUT2D eigenvalue weighted by Gasteiger charge is 2.15. The fourth-order valence-corrected chi connectivity index (χ4v) is 9.84. The van der Waals surface area contributed by atoms with Gasteiger partial charge in [-0.05, 0) is 86.1 Å². The van der Waals surface area contributed by atoms with Gasteiger partial charge in [-0.15, -0.1) is 58.2 Å². The van der Waals surface area contributed by atoms with Gasteiger partial charge >= 0.3 is 0 Å². The molecule has 0 atom stereocenters. The minimum Gasteiger partial charge on any atom is -0.139 e. The molecule has 0 radical (unpaired) electrons. The van der Waals surface area contributed by atoms with Crippen molar-refractivity contribution in [2.45, 2.75) is 117 Å². The summed E-state index contributed by atoms with van der Waals surface area (Å²) < 4.78 is 0. The minimum atomic E-state index is 1.06. The van der Waals surface area contributed by atoms with Crippen LogP contribution in [0.4, 0.5) is 0 Å². The summed E-state index contributed by atoms with van der Waals surface area (Å²) in [5, 5.41) is 0. The zero-order chi connectivity index (χ0) is 29.6. The van der Waals surface area contributed by atoms with Gasteiger partial charge in [-0.2, -0.15) is 0 Å². The van der Waals surface area contributed by atoms with E-state index in [1.165, 1.54) is 117 Å². The first-order valence-electron chi connectivity index (χ1n) is 16.0. The standard InChI is InChI=1S/C38H46S4/c1-5-9-11-13-15-17-19-29-27-31(7-3)41-37(29)35-25-23-33(39-35)21-22-34-24-26-36(40-34)38-30(28-32(8-4)42-38)20-18-16-14-12-10-6-2/h3-4,23-28H,5-6,9-22H2,1-2H3. The zero-order valence-corrected chi connectivity index (χ0v) is 28.8. The van der Waals surface area contributed by atoms with Gasteiger partial charge in [-0.1, -0.05) is 89.9 Å². The Kier molecular flexibility index (Phi) is 14.0. The molecular formula is C38H46S4. The van der Waals surface area contributed by atoms with Crippen molar-refractivity contribution in [2.24, 2.45) is 0 Å². The summed E-state index contributed by atoms with van der Waals surface area (Å²) >= 11 is 7.48. The van der Waals surface area contributed by atoms with E-state index in [1.54, 1.807) is 22.7 Å². The lowest BCUT2D eigenvalue weighted by Gasteiger charge is -2.03. The first-order valence-corrected chi connectivity index (χ1v) is 19.3. The monoisotopic (exact) mass is 630 g/mol. The van der Waals surface area contributed by atoms with Crippen LogP contribution in [0.15, 0.2) is 36.4 Å². The average molecular weight is 631 g/mol. The van der Waals surface area contributed by atoms with E-state index in [0.717, 1.165) is 35.4 Å². The second kappa shape index (κ2) is 17.9. The maximum Gasteiger partial charge on any atom is 0.0775 e. The Balaban J connectivity index is 1.34. The van der Waals surface area contributed by atoms with Crippen molar-refractivity contribution in [1.29, 1.82) is 0 Å². The van der Waals surface area contributed by atoms with Crippen molar-refractivity contribution < 1.29 is 0 Å². The van der Waals surface area contributed by atoms with E-state index in [4.69, 9.17) is 12.8 Å². The molecule has 0 fully saturated rings. The fourth-order valence-electron chi connectivity index (χ4n) is 5.49. The van der Waals surface area contributed by atoms with Gasteiger partial charge in [0, 0.05) is 29.3 Å². The number of thiophene rings is 4. The molecule has 0 aromatic carbocycles. The van der Waals surface area contributed by atoms with E-state index in [1.807, 2.05) is 22.7 Å². The molecule has 0 spiro atoms. The van der Waals surface area contributed by atoms with Crippen molar-refractivity contribution in [3.05, 3.63) is 67.0 Å². The molecule has 0 amide bonds. The van der Waals surface area contributed by atoms with E-state index >= 15 is 0 Å². The Morgan fingerprint density at radius 1 is 0.500 bits per heavy atom. The normalized spacial score (nSPS) is 11.1. The van der Waals surface area contributed by atoms with Gasteiger partial charge < -0.3 is 0 Å². The molecule has 222 valence electrons. The molecule has 0 N–H and O–H groups in total. The van der Waals surface area contributed by atoms with Crippen LogP contribution < -0.4 is 0 Å². The van der Waals surface area contributed by atoms with Crippen LogP contribution in [0.3, 0.4) is 0 Å². The topological polar surface area (TPSA) is 0 Å². The lowest BCUT2D eigenvalue weighted by atomic mass is 10.0. The van der Waals surface area contributed by atoms with E-state index in [-0.39, 0.29) is 0 Å². The largest absolute Gasteiger partial charge is 0.139 e. The van der Waals surface area contributed by atoms with E-state index in [0.29, 0.717) is 0 Å². The average Bonchev–Trinajstić information content (AvgIpc) is 3.81. The second-order valence-corrected chi connectivity index (χ2v) is 15.7. The van der Waals surface area contributed by atoms with Gasteiger partial charge in [0.15, 0.2) is 0 Å². The fraction of sp³-hybridized carbons (Fsp3) is 0.474. The molecule has 42 heavy (non-hydrogen) atoms. The summed E-state index contributed by atoms with van der Waals surface area (Å²) in [4.78, 5) is 10.6. The van der Waals surface area contributed by atoms with Crippen molar-refractivity contribution in [2.75, 3.05) is 0 Å². The molecular weight excluding hydrogens is 585 g/mol. The summed E-state index contributed by atoms with van der Waals surface area (Å²) in [6, 6.07) is 13.8. The number of hydrogen-bond acceptors (Lipinski definition) is 4. The van der Waals surface area contributed by atoms with E-state index in [9.17, 15) is 0 Å². The van der Waals surface area contributed by atoms with Crippen molar-refractivity contribution in [1.82, 2.24) is 0 Å². The Bertz CT molecular complexity index is 1330. The van der Waals surface area contributed by atoms with Crippen molar-refractivity contribution >= 4 is 45.3 Å². The van der Waals surface area contributed by atoms with Gasteiger partial charge in [-0.3, -0.25) is 0 Å². The number of unbranched alkanes of at least 4 members (excludes halogenated alkanes) is 10. The summed E-state index contributed by atoms with van der Waals surface area (Å²) in [5.41, 5.74) is 2.89. The van der Waals surface area contributed by atoms with Crippen LogP contribution in [-0.4, -0.2) is 0 Å². The third-order valence-corrected chi connectivity index (χ3v) is 12.8. The number of terminal acetylenes is 2. The van der Waals surface area contributed by atoms with Crippen LogP contribution in [-0.2, 0) is 25.7 Å². The van der Waals surface area contributed by atoms with Crippen molar-refractivity contribution in [3.8, 4) is 44.2 Å². The molecule has 4 rings (SSSR count). The van der Waals surface area contributed by atoms with Gasteiger partial charge in [0.05, 0.1) is 9.75 Å². The maximum atomic E-state index is 5.80. The summed E-state index contributed by atoms with van der Waals surface area (Å²) in [7, 11) is 0. The maximum absolute atomic E-state index is 5.80. The highest BCUT2D eigenvalue weighted by atomic mass is 32.1. The predicted octanol–water partition coefficient (Wildman–Crippen LogP) is 12.8. The molecule has 4 heterocycles. The van der Waals surface area contributed by atoms with Crippen LogP contribution in [0.25, 0.3) is 19.5 Å². The zero-order valence-electron chi connectivity index (χ0n) is 25.6. The van der Waals surface area contributed by atoms with Gasteiger partial charge in [-0.25, -0.2) is 0 Å². The minimum absolute atomic E-state index is 1.06. The molecule has 0 nitrogen and oxygen atoms in total. The first kappa shape index (κ1) is 32.8. The Morgan fingerprint density at radius 2 is 0.905 bits per heavy atom. The summed E-state index contributed by atoms with van der Waals surface area (Å²) in [6.45, 7) is 4.56. The Labute approximate surface area is 271 Å². The molecule has 4 aromatic heterocycles. The highest BCUT2D eigenvalue weighted by Crippen LogP contribution is 2.40. The Hall–Kier alpha value is -2.08. The van der Waals surface area contributed by atoms with E-state index < -0.39 is 0 Å². The SMILES string of the molecule is C#Cc1cc(CCCCCCCC)c(-c2ccc(CCc3ccc(-c4sc(C#C)cc4CCCCCCCC)s3)s2)s1. The third kappa shape index (κ3) is 9.72. The van der Waals surface area contributed by atoms with Crippen LogP contribution in [0.2, 0.25) is 0 Å². The quantitative estimate of drug-likeness (QED) is 0.0714. The summed E-state index contributed by atoms with van der Waals surface area (Å²) in [5.74, 6) is 5.78. The Morgan fingerprint density at radius 3 is 1.31 bits per heavy atom. The van der Waals surface area contributed by atoms with Gasteiger partial charge in [0.2, 0.25) is 0 Å². The van der Waals surface area contributed by atoms with Crippen LogP contribution in [0.1, 0.15) is 122 Å². The molecule has 0 unspecified atom stereocenters. The lowest BCUT2D eigenvalue weighted by molar-refractivity contribution is 0.608. The molecule has 0 saturated carbocycles. The first-order chi connectivity index (χ1) is 20.6. The van der Waals surface area contributed by atoms with Crippen LogP contribution in [0.5, 0.6) is 0 Å². The van der Waals surface area contributed by atoms with Gasteiger partial charge in [0.25, 0.3) is 0 Å². The number of rotatable bonds is 19. The van der Waals surface area contributed by atoms with Gasteiger partial charge in [0.1, 0.15) is 0 Å². The second-order valence-electron chi connectivity index (χ2n) is 11.3. The predicted molar refractivity (Wildman–Crippen MR) is 193 cm³/mol. The number of hydrogen-bond donors (Lipinski definition) is 0.